The maximum absolute atomic E-state index is 13.4. The predicted octanol–water partition coefficient (Wildman–Crippen LogP) is 4.29. The average Bonchev–Trinajstić information content (AvgIpc) is 3.25. The van der Waals surface area contributed by atoms with Gasteiger partial charge in [0.2, 0.25) is 0 Å². The van der Waals surface area contributed by atoms with Gasteiger partial charge in [-0.3, -0.25) is 14.6 Å². The number of hydrogen-bond acceptors (Lipinski definition) is 3. The van der Waals surface area contributed by atoms with Crippen LogP contribution in [0.15, 0.2) is 42.7 Å². The minimum atomic E-state index is -1.00. The number of likely N-dealkylation sites (tertiary alicyclic amines) is 1. The topological polar surface area (TPSA) is 78.1 Å². The minimum Gasteiger partial charge on any atom is -0.351 e. The molecule has 0 aliphatic carbocycles. The summed E-state index contributed by atoms with van der Waals surface area (Å²) in [6.07, 6.45) is 8.13. The Morgan fingerprint density at radius 1 is 1.09 bits per heavy atom. The van der Waals surface area contributed by atoms with E-state index in [1.54, 1.807) is 23.4 Å². The number of unbranched alkanes of at least 4 members (excludes halogenated alkanes) is 1. The van der Waals surface area contributed by atoms with Gasteiger partial charge in [0.1, 0.15) is 5.69 Å². The lowest BCUT2D eigenvalue weighted by Crippen LogP contribution is -2.38. The van der Waals surface area contributed by atoms with Gasteiger partial charge in [-0.05, 0) is 55.5 Å². The molecule has 1 aromatic carbocycles. The number of rotatable bonds is 7. The van der Waals surface area contributed by atoms with Crippen molar-refractivity contribution in [3.63, 3.8) is 0 Å². The number of halogens is 2. The number of fused-ring (bicyclic) bond motifs is 1. The second kappa shape index (κ2) is 9.89. The molecule has 3 aromatic rings. The highest BCUT2D eigenvalue weighted by Crippen LogP contribution is 2.24. The maximum atomic E-state index is 13.4. The molecule has 2 amide bonds. The molecule has 0 unspecified atom stereocenters. The first kappa shape index (κ1) is 21.9. The highest BCUT2D eigenvalue weighted by molar-refractivity contribution is 5.97. The number of hydrogen-bond donors (Lipinski definition) is 2. The van der Waals surface area contributed by atoms with E-state index in [0.717, 1.165) is 55.1 Å². The van der Waals surface area contributed by atoms with E-state index in [1.807, 2.05) is 6.07 Å². The van der Waals surface area contributed by atoms with E-state index in [1.165, 1.54) is 6.07 Å². The molecule has 0 bridgehead atoms. The van der Waals surface area contributed by atoms with Gasteiger partial charge in [-0.2, -0.15) is 0 Å². The highest BCUT2D eigenvalue weighted by Gasteiger charge is 2.24. The molecule has 168 valence electrons. The summed E-state index contributed by atoms with van der Waals surface area (Å²) in [5.74, 6) is -1.79. The van der Waals surface area contributed by atoms with E-state index >= 15 is 0 Å². The first-order valence-electron chi connectivity index (χ1n) is 11.0. The molecule has 4 rings (SSSR count). The Kier molecular flexibility index (Phi) is 6.78. The van der Waals surface area contributed by atoms with Crippen LogP contribution in [0, 0.1) is 17.6 Å². The average molecular weight is 440 g/mol. The first-order valence-corrected chi connectivity index (χ1v) is 11.0. The lowest BCUT2D eigenvalue weighted by Gasteiger charge is -2.32. The summed E-state index contributed by atoms with van der Waals surface area (Å²) in [5.41, 5.74) is 1.61. The van der Waals surface area contributed by atoms with E-state index in [2.05, 4.69) is 15.3 Å². The largest absolute Gasteiger partial charge is 0.351 e. The fourth-order valence-electron chi connectivity index (χ4n) is 4.19. The van der Waals surface area contributed by atoms with Crippen molar-refractivity contribution in [3.8, 4) is 0 Å². The van der Waals surface area contributed by atoms with Crippen molar-refractivity contribution < 1.29 is 18.4 Å². The summed E-state index contributed by atoms with van der Waals surface area (Å²) < 4.78 is 26.5. The van der Waals surface area contributed by atoms with Gasteiger partial charge in [0.25, 0.3) is 11.8 Å². The quantitative estimate of drug-likeness (QED) is 0.538. The summed E-state index contributed by atoms with van der Waals surface area (Å²) in [5, 5.41) is 3.85. The number of carbonyl (C=O) groups is 2. The number of benzene rings is 1. The molecule has 0 saturated carbocycles. The van der Waals surface area contributed by atoms with E-state index in [4.69, 9.17) is 0 Å². The number of nitrogens with one attached hydrogen (secondary N) is 2. The van der Waals surface area contributed by atoms with Crippen molar-refractivity contribution in [2.24, 2.45) is 5.92 Å². The second-order valence-electron chi connectivity index (χ2n) is 8.26. The monoisotopic (exact) mass is 440 g/mol. The molecule has 32 heavy (non-hydrogen) atoms. The SMILES string of the molecule is O=C(NCCCCC1CCN(C(=O)c2ccc(F)c(F)c2)CC1)c1cc2cnccc2[nH]1. The van der Waals surface area contributed by atoms with Gasteiger partial charge >= 0.3 is 0 Å². The fourth-order valence-corrected chi connectivity index (χ4v) is 4.19. The molecular formula is C24H26F2N4O2. The van der Waals surface area contributed by atoms with E-state index in [-0.39, 0.29) is 17.4 Å². The highest BCUT2D eigenvalue weighted by atomic mass is 19.2. The van der Waals surface area contributed by atoms with Crippen molar-refractivity contribution >= 4 is 22.7 Å². The zero-order valence-electron chi connectivity index (χ0n) is 17.7. The molecule has 0 radical (unpaired) electrons. The molecule has 3 heterocycles. The van der Waals surface area contributed by atoms with Gasteiger partial charge in [0.15, 0.2) is 11.6 Å². The van der Waals surface area contributed by atoms with Crippen molar-refractivity contribution in [1.29, 1.82) is 0 Å². The van der Waals surface area contributed by atoms with Crippen LogP contribution in [0.4, 0.5) is 8.78 Å². The summed E-state index contributed by atoms with van der Waals surface area (Å²) in [6, 6.07) is 6.91. The Morgan fingerprint density at radius 3 is 2.66 bits per heavy atom. The van der Waals surface area contributed by atoms with Crippen LogP contribution in [0.2, 0.25) is 0 Å². The lowest BCUT2D eigenvalue weighted by atomic mass is 9.91. The zero-order valence-corrected chi connectivity index (χ0v) is 17.7. The van der Waals surface area contributed by atoms with Crippen LogP contribution in [0.25, 0.3) is 10.9 Å². The number of H-pyrrole nitrogens is 1. The standard InChI is InChI=1S/C24H26F2N4O2/c25-19-5-4-17(13-20(19)26)24(32)30-11-7-16(8-12-30)3-1-2-9-28-23(31)22-14-18-15-27-10-6-21(18)29-22/h4-6,10,13-16,29H,1-3,7-9,11-12H2,(H,28,31). The second-order valence-corrected chi connectivity index (χ2v) is 8.26. The van der Waals surface area contributed by atoms with Gasteiger partial charge in [0, 0.05) is 48.5 Å². The van der Waals surface area contributed by atoms with E-state index in [9.17, 15) is 18.4 Å². The lowest BCUT2D eigenvalue weighted by molar-refractivity contribution is 0.0685. The molecule has 8 heteroatoms. The fraction of sp³-hybridized carbons (Fsp3) is 0.375. The number of carbonyl (C=O) groups excluding carboxylic acids is 2. The molecular weight excluding hydrogens is 414 g/mol. The van der Waals surface area contributed by atoms with Crippen LogP contribution in [0.3, 0.4) is 0 Å². The third-order valence-corrected chi connectivity index (χ3v) is 6.06. The molecule has 1 saturated heterocycles. The summed E-state index contributed by atoms with van der Waals surface area (Å²) in [7, 11) is 0. The molecule has 1 fully saturated rings. The smallest absolute Gasteiger partial charge is 0.267 e. The van der Waals surface area contributed by atoms with Crippen LogP contribution in [0.1, 0.15) is 53.0 Å². The number of pyridine rings is 1. The Balaban J connectivity index is 1.14. The Bertz CT molecular complexity index is 1070. The van der Waals surface area contributed by atoms with Crippen LogP contribution >= 0.6 is 0 Å². The predicted molar refractivity (Wildman–Crippen MR) is 117 cm³/mol. The van der Waals surface area contributed by atoms with Crippen LogP contribution < -0.4 is 5.32 Å². The molecule has 0 spiro atoms. The number of aromatic nitrogens is 2. The third kappa shape index (κ3) is 5.12. The molecule has 6 nitrogen and oxygen atoms in total. The Labute approximate surface area is 185 Å². The molecule has 2 N–H and O–H groups in total. The first-order chi connectivity index (χ1) is 15.5. The summed E-state index contributed by atoms with van der Waals surface area (Å²) in [6.45, 7) is 1.85. The molecule has 2 aromatic heterocycles. The van der Waals surface area contributed by atoms with Crippen molar-refractivity contribution in [3.05, 3.63) is 65.6 Å². The van der Waals surface area contributed by atoms with Crippen molar-refractivity contribution in [1.82, 2.24) is 20.2 Å². The normalized spacial score (nSPS) is 14.6. The molecule has 0 atom stereocenters. The van der Waals surface area contributed by atoms with Crippen LogP contribution in [-0.2, 0) is 0 Å². The van der Waals surface area contributed by atoms with Gasteiger partial charge in [-0.15, -0.1) is 0 Å². The summed E-state index contributed by atoms with van der Waals surface area (Å²) in [4.78, 5) is 33.6. The number of nitrogens with zero attached hydrogens (tertiary/aromatic N) is 2. The van der Waals surface area contributed by atoms with E-state index in [0.29, 0.717) is 31.2 Å². The van der Waals surface area contributed by atoms with Gasteiger partial charge in [-0.25, -0.2) is 8.78 Å². The van der Waals surface area contributed by atoms with Crippen LogP contribution in [-0.4, -0.2) is 46.3 Å². The third-order valence-electron chi connectivity index (χ3n) is 6.06. The van der Waals surface area contributed by atoms with Gasteiger partial charge < -0.3 is 15.2 Å². The van der Waals surface area contributed by atoms with Gasteiger partial charge in [0.05, 0.1) is 0 Å². The number of aromatic amines is 1. The van der Waals surface area contributed by atoms with Crippen molar-refractivity contribution in [2.75, 3.05) is 19.6 Å². The van der Waals surface area contributed by atoms with Crippen LogP contribution in [0.5, 0.6) is 0 Å². The van der Waals surface area contributed by atoms with Gasteiger partial charge in [-0.1, -0.05) is 12.8 Å². The number of amides is 2. The van der Waals surface area contributed by atoms with Crippen molar-refractivity contribution in [2.45, 2.75) is 32.1 Å². The molecule has 1 aliphatic rings. The Hall–Kier alpha value is -3.29. The Morgan fingerprint density at radius 2 is 1.91 bits per heavy atom. The van der Waals surface area contributed by atoms with E-state index < -0.39 is 11.6 Å². The minimum absolute atomic E-state index is 0.120. The maximum Gasteiger partial charge on any atom is 0.267 e. The zero-order chi connectivity index (χ0) is 22.5. The molecule has 1 aliphatic heterocycles. The number of piperidine rings is 1. The summed E-state index contributed by atoms with van der Waals surface area (Å²) >= 11 is 0.